The van der Waals surface area contributed by atoms with E-state index in [0.717, 1.165) is 29.1 Å². The van der Waals surface area contributed by atoms with Crippen LogP contribution in [0.1, 0.15) is 38.3 Å². The SMILES string of the molecule is CCCCCC(=O)OCC1=C(C(=O)O)N2C(=O)C(NC(=O)C(=NOC)c3csc(N)n3)[C@@H]2SC1. The monoisotopic (exact) mass is 511 g/mol. The largest absolute Gasteiger partial charge is 0.477 e. The molecule has 1 aromatic heterocycles. The zero-order valence-corrected chi connectivity index (χ0v) is 20.2. The molecule has 0 radical (unpaired) electrons. The van der Waals surface area contributed by atoms with Gasteiger partial charge in [0.2, 0.25) is 0 Å². The van der Waals surface area contributed by atoms with Crippen LogP contribution in [0.4, 0.5) is 5.13 Å². The van der Waals surface area contributed by atoms with Gasteiger partial charge >= 0.3 is 11.9 Å². The van der Waals surface area contributed by atoms with Crippen molar-refractivity contribution in [2.24, 2.45) is 5.16 Å². The Balaban J connectivity index is 1.69. The molecule has 34 heavy (non-hydrogen) atoms. The number of carbonyl (C=O) groups is 4. The highest BCUT2D eigenvalue weighted by atomic mass is 32.2. The molecule has 0 bridgehead atoms. The van der Waals surface area contributed by atoms with Gasteiger partial charge in [0.15, 0.2) is 10.8 Å². The van der Waals surface area contributed by atoms with Gasteiger partial charge in [0.25, 0.3) is 11.8 Å². The van der Waals surface area contributed by atoms with E-state index in [1.807, 2.05) is 6.92 Å². The van der Waals surface area contributed by atoms with Crippen LogP contribution in [-0.4, -0.2) is 75.3 Å². The summed E-state index contributed by atoms with van der Waals surface area (Å²) in [5.41, 5.74) is 5.75. The number of carbonyl (C=O) groups excluding carboxylic acids is 3. The van der Waals surface area contributed by atoms with Crippen molar-refractivity contribution < 1.29 is 33.9 Å². The Bertz CT molecular complexity index is 1040. The maximum Gasteiger partial charge on any atom is 0.352 e. The summed E-state index contributed by atoms with van der Waals surface area (Å²) in [7, 11) is 1.26. The second-order valence-electron chi connectivity index (χ2n) is 7.43. The summed E-state index contributed by atoms with van der Waals surface area (Å²) in [6.07, 6.45) is 2.82. The van der Waals surface area contributed by atoms with Crippen molar-refractivity contribution in [3.05, 3.63) is 22.3 Å². The minimum Gasteiger partial charge on any atom is -0.477 e. The number of esters is 1. The number of nitrogens with zero attached hydrogens (tertiary/aromatic N) is 3. The summed E-state index contributed by atoms with van der Waals surface area (Å²) < 4.78 is 5.23. The number of fused-ring (bicyclic) bond motifs is 1. The number of nitrogen functional groups attached to an aromatic ring is 1. The average molecular weight is 512 g/mol. The third-order valence-electron chi connectivity index (χ3n) is 5.09. The molecule has 2 aliphatic heterocycles. The van der Waals surface area contributed by atoms with E-state index in [1.165, 1.54) is 24.3 Å². The molecule has 1 aromatic rings. The Hall–Kier alpha value is -3.13. The van der Waals surface area contributed by atoms with E-state index < -0.39 is 35.2 Å². The van der Waals surface area contributed by atoms with Crippen molar-refractivity contribution in [1.29, 1.82) is 0 Å². The first-order valence-corrected chi connectivity index (χ1v) is 12.4. The number of hydrogen-bond donors (Lipinski definition) is 3. The van der Waals surface area contributed by atoms with Gasteiger partial charge in [0.05, 0.1) is 0 Å². The van der Waals surface area contributed by atoms with Gasteiger partial charge in [-0.3, -0.25) is 19.3 Å². The number of aliphatic carboxylic acids is 1. The van der Waals surface area contributed by atoms with E-state index in [0.29, 0.717) is 12.0 Å². The number of unbranched alkanes of at least 4 members (excludes halogenated alkanes) is 2. The molecule has 0 saturated carbocycles. The van der Waals surface area contributed by atoms with Gasteiger partial charge in [0.1, 0.15) is 36.5 Å². The van der Waals surface area contributed by atoms with Crippen LogP contribution in [0, 0.1) is 0 Å². The number of carboxylic acid groups (broad SMARTS) is 1. The van der Waals surface area contributed by atoms with Crippen LogP contribution in [-0.2, 0) is 28.8 Å². The second kappa shape index (κ2) is 11.3. The van der Waals surface area contributed by atoms with Gasteiger partial charge in [-0.25, -0.2) is 9.78 Å². The molecule has 3 heterocycles. The summed E-state index contributed by atoms with van der Waals surface area (Å²) >= 11 is 2.38. The van der Waals surface area contributed by atoms with Gasteiger partial charge in [-0.15, -0.1) is 23.1 Å². The zero-order valence-electron chi connectivity index (χ0n) is 18.6. The Kier molecular flexibility index (Phi) is 8.50. The normalized spacial score (nSPS) is 19.9. The van der Waals surface area contributed by atoms with Crippen LogP contribution in [0.2, 0.25) is 0 Å². The Morgan fingerprint density at radius 1 is 1.38 bits per heavy atom. The van der Waals surface area contributed by atoms with Crippen LogP contribution in [0.3, 0.4) is 0 Å². The number of oxime groups is 1. The number of rotatable bonds is 11. The number of thioether (sulfide) groups is 1. The van der Waals surface area contributed by atoms with Gasteiger partial charge in [-0.1, -0.05) is 24.9 Å². The summed E-state index contributed by atoms with van der Waals surface area (Å²) in [4.78, 5) is 59.2. The van der Waals surface area contributed by atoms with Crippen LogP contribution in [0.15, 0.2) is 21.8 Å². The number of nitrogens with two attached hydrogens (primary N) is 1. The van der Waals surface area contributed by atoms with Crippen LogP contribution < -0.4 is 11.1 Å². The van der Waals surface area contributed by atoms with Crippen molar-refractivity contribution in [2.75, 3.05) is 25.2 Å². The fraction of sp³-hybridized carbons (Fsp3) is 0.500. The van der Waals surface area contributed by atoms with Gasteiger partial charge in [-0.2, -0.15) is 0 Å². The zero-order chi connectivity index (χ0) is 24.8. The predicted molar refractivity (Wildman–Crippen MR) is 125 cm³/mol. The molecule has 3 rings (SSSR count). The molecule has 1 saturated heterocycles. The molecule has 0 aliphatic carbocycles. The molecule has 14 heteroatoms. The predicted octanol–water partition coefficient (Wildman–Crippen LogP) is 0.938. The summed E-state index contributed by atoms with van der Waals surface area (Å²) in [6, 6.07) is -0.969. The molecule has 2 atom stereocenters. The number of aromatic nitrogens is 1. The molecule has 184 valence electrons. The maximum atomic E-state index is 12.8. The third-order valence-corrected chi connectivity index (χ3v) is 7.10. The van der Waals surface area contributed by atoms with Crippen LogP contribution in [0.25, 0.3) is 0 Å². The standard InChI is InChI=1S/C20H25N5O7S2/c1-3-4-5-6-12(26)32-7-10-8-33-18-14(17(28)25(18)15(10)19(29)30)23-16(27)13(24-31-2)11-9-34-20(21)22-11/h9,14,18H,3-8H2,1-2H3,(H2,21,22)(H,23,27)(H,29,30)/t14?,18-/m0/s1. The fourth-order valence-electron chi connectivity index (χ4n) is 3.46. The van der Waals surface area contributed by atoms with E-state index in [9.17, 15) is 24.3 Å². The number of hydrogen-bond acceptors (Lipinski definition) is 11. The van der Waals surface area contributed by atoms with Crippen LogP contribution in [0.5, 0.6) is 0 Å². The summed E-state index contributed by atoms with van der Waals surface area (Å²) in [5, 5.41) is 17.1. The minimum atomic E-state index is -1.31. The van der Waals surface area contributed by atoms with Crippen molar-refractivity contribution in [2.45, 2.75) is 44.0 Å². The van der Waals surface area contributed by atoms with E-state index in [4.69, 9.17) is 15.3 Å². The Morgan fingerprint density at radius 2 is 2.15 bits per heavy atom. The Morgan fingerprint density at radius 3 is 2.76 bits per heavy atom. The summed E-state index contributed by atoms with van der Waals surface area (Å²) in [5.74, 6) is -2.79. The number of carboxylic acids is 1. The molecule has 1 fully saturated rings. The number of thiazole rings is 1. The van der Waals surface area contributed by atoms with E-state index >= 15 is 0 Å². The van der Waals surface area contributed by atoms with Gasteiger partial charge < -0.3 is 25.7 Å². The molecule has 0 aromatic carbocycles. The minimum absolute atomic E-state index is 0.160. The first kappa shape index (κ1) is 25.5. The number of ether oxygens (including phenoxy) is 1. The van der Waals surface area contributed by atoms with Crippen molar-refractivity contribution in [1.82, 2.24) is 15.2 Å². The molecule has 1 unspecified atom stereocenters. The first-order valence-electron chi connectivity index (χ1n) is 10.5. The van der Waals surface area contributed by atoms with E-state index in [1.54, 1.807) is 0 Å². The molecular weight excluding hydrogens is 486 g/mol. The van der Waals surface area contributed by atoms with Gasteiger partial charge in [-0.05, 0) is 6.42 Å². The topological polar surface area (TPSA) is 174 Å². The molecule has 4 N–H and O–H groups in total. The molecular formula is C20H25N5O7S2. The number of anilines is 1. The quantitative estimate of drug-likeness (QED) is 0.127. The lowest BCUT2D eigenvalue weighted by Gasteiger charge is -2.49. The average Bonchev–Trinajstić information content (AvgIpc) is 3.24. The van der Waals surface area contributed by atoms with Crippen molar-refractivity contribution in [3.63, 3.8) is 0 Å². The number of amides is 2. The molecule has 2 amide bonds. The molecule has 0 spiro atoms. The molecule has 12 nitrogen and oxygen atoms in total. The Labute approximate surface area is 203 Å². The second-order valence-corrected chi connectivity index (χ2v) is 9.42. The fourth-order valence-corrected chi connectivity index (χ4v) is 5.33. The number of β-lactam (4-membered cyclic amide) rings is 1. The van der Waals surface area contributed by atoms with Crippen LogP contribution >= 0.6 is 23.1 Å². The summed E-state index contributed by atoms with van der Waals surface area (Å²) in [6.45, 7) is 1.81. The number of nitrogens with one attached hydrogen (secondary N) is 1. The van der Waals surface area contributed by atoms with E-state index in [-0.39, 0.29) is 41.0 Å². The highest BCUT2D eigenvalue weighted by Gasteiger charge is 2.54. The van der Waals surface area contributed by atoms with E-state index in [2.05, 4.69) is 15.5 Å². The highest BCUT2D eigenvalue weighted by Crippen LogP contribution is 2.40. The smallest absolute Gasteiger partial charge is 0.352 e. The lowest BCUT2D eigenvalue weighted by atomic mass is 10.0. The first-order chi connectivity index (χ1) is 16.3. The highest BCUT2D eigenvalue weighted by molar-refractivity contribution is 8.00. The third kappa shape index (κ3) is 5.50. The van der Waals surface area contributed by atoms with Gasteiger partial charge in [0, 0.05) is 23.1 Å². The maximum absolute atomic E-state index is 12.8. The lowest BCUT2D eigenvalue weighted by molar-refractivity contribution is -0.150. The lowest BCUT2D eigenvalue weighted by Crippen LogP contribution is -2.71. The van der Waals surface area contributed by atoms with Crippen molar-refractivity contribution >= 4 is 57.7 Å². The molecule has 2 aliphatic rings. The van der Waals surface area contributed by atoms with Crippen molar-refractivity contribution in [3.8, 4) is 0 Å².